The Hall–Kier alpha value is -3.33. The fourth-order valence-electron chi connectivity index (χ4n) is 5.00. The second-order valence-electron chi connectivity index (χ2n) is 8.65. The summed E-state index contributed by atoms with van der Waals surface area (Å²) in [6.07, 6.45) is 0.572. The number of carbonyl (C=O) groups excluding carboxylic acids is 2. The lowest BCUT2D eigenvalue weighted by Crippen LogP contribution is -2.40. The smallest absolute Gasteiger partial charge is 0.258 e. The van der Waals surface area contributed by atoms with E-state index >= 15 is 0 Å². The van der Waals surface area contributed by atoms with E-state index < -0.39 is 10.0 Å². The van der Waals surface area contributed by atoms with Crippen molar-refractivity contribution < 1.29 is 22.7 Å². The molecule has 0 saturated carbocycles. The van der Waals surface area contributed by atoms with Crippen LogP contribution < -0.4 is 4.90 Å². The molecular weight excluding hydrogens is 452 g/mol. The summed E-state index contributed by atoms with van der Waals surface area (Å²) in [5.74, 6) is -0.269. The predicted octanol–water partition coefficient (Wildman–Crippen LogP) is 3.12. The first-order valence-electron chi connectivity index (χ1n) is 11.3. The summed E-state index contributed by atoms with van der Waals surface area (Å²) in [6, 6.07) is 17.7. The van der Waals surface area contributed by atoms with Gasteiger partial charge in [0.2, 0.25) is 10.0 Å². The van der Waals surface area contributed by atoms with Crippen LogP contribution in [0.25, 0.3) is 11.1 Å². The molecule has 0 unspecified atom stereocenters. The highest BCUT2D eigenvalue weighted by atomic mass is 32.2. The molecular formula is C26H22N2O5S. The summed E-state index contributed by atoms with van der Waals surface area (Å²) < 4.78 is 32.7. The number of sulfonamides is 1. The summed E-state index contributed by atoms with van der Waals surface area (Å²) >= 11 is 0. The fourth-order valence-corrected chi connectivity index (χ4v) is 6.46. The van der Waals surface area contributed by atoms with Gasteiger partial charge in [0.1, 0.15) is 0 Å². The normalized spacial score (nSPS) is 17.4. The van der Waals surface area contributed by atoms with Crippen LogP contribution in [0.2, 0.25) is 0 Å². The highest BCUT2D eigenvalue weighted by Crippen LogP contribution is 2.38. The number of ether oxygens (including phenoxy) is 1. The van der Waals surface area contributed by atoms with Gasteiger partial charge in [-0.05, 0) is 53.4 Å². The average molecular weight is 475 g/mol. The molecule has 8 heteroatoms. The number of fused-ring (bicyclic) bond motifs is 4. The molecule has 34 heavy (non-hydrogen) atoms. The number of ketones is 1. The van der Waals surface area contributed by atoms with E-state index in [-0.39, 0.29) is 16.6 Å². The third-order valence-electron chi connectivity index (χ3n) is 6.77. The quantitative estimate of drug-likeness (QED) is 0.456. The number of amides is 1. The summed E-state index contributed by atoms with van der Waals surface area (Å²) in [5, 5.41) is 0. The zero-order valence-electron chi connectivity index (χ0n) is 18.4. The monoisotopic (exact) mass is 474 g/mol. The van der Waals surface area contributed by atoms with Crippen LogP contribution in [0.1, 0.15) is 31.8 Å². The van der Waals surface area contributed by atoms with Crippen molar-refractivity contribution in [3.8, 4) is 11.1 Å². The summed E-state index contributed by atoms with van der Waals surface area (Å²) in [7, 11) is -3.60. The van der Waals surface area contributed by atoms with Crippen LogP contribution in [-0.4, -0.2) is 57.3 Å². The molecule has 0 spiro atoms. The van der Waals surface area contributed by atoms with Gasteiger partial charge in [0.25, 0.3) is 5.91 Å². The highest BCUT2D eigenvalue weighted by molar-refractivity contribution is 7.89. The molecule has 3 aromatic rings. The number of hydrogen-bond donors (Lipinski definition) is 0. The number of nitrogens with zero attached hydrogens (tertiary/aromatic N) is 2. The Kier molecular flexibility index (Phi) is 4.91. The molecule has 6 rings (SSSR count). The number of carbonyl (C=O) groups is 2. The molecule has 3 aromatic carbocycles. The van der Waals surface area contributed by atoms with Gasteiger partial charge in [-0.15, -0.1) is 0 Å². The van der Waals surface area contributed by atoms with E-state index in [4.69, 9.17) is 4.74 Å². The Morgan fingerprint density at radius 1 is 0.824 bits per heavy atom. The Labute approximate surface area is 197 Å². The van der Waals surface area contributed by atoms with E-state index in [1.165, 1.54) is 4.31 Å². The zero-order valence-corrected chi connectivity index (χ0v) is 19.2. The van der Waals surface area contributed by atoms with Gasteiger partial charge in [-0.25, -0.2) is 8.42 Å². The summed E-state index contributed by atoms with van der Waals surface area (Å²) in [4.78, 5) is 28.1. The standard InChI is InChI=1S/C26H22N2O5S/c29-25-22-4-2-1-3-20(22)21-7-5-18(16-23(21)25)26(30)28-10-9-17-15-19(6-8-24(17)28)34(31,32)27-11-13-33-14-12-27/h1-8,15-16H,9-14H2. The minimum absolute atomic E-state index is 0.0694. The van der Waals surface area contributed by atoms with Crippen LogP contribution >= 0.6 is 0 Å². The largest absolute Gasteiger partial charge is 0.379 e. The molecule has 172 valence electrons. The average Bonchev–Trinajstić information content (AvgIpc) is 3.43. The van der Waals surface area contributed by atoms with Gasteiger partial charge in [0.15, 0.2) is 5.78 Å². The molecule has 0 atom stereocenters. The van der Waals surface area contributed by atoms with Crippen molar-refractivity contribution in [2.75, 3.05) is 37.7 Å². The fraction of sp³-hybridized carbons (Fsp3) is 0.231. The van der Waals surface area contributed by atoms with Crippen LogP contribution in [0, 0.1) is 0 Å². The van der Waals surface area contributed by atoms with Crippen molar-refractivity contribution in [1.29, 1.82) is 0 Å². The second kappa shape index (κ2) is 7.87. The third kappa shape index (κ3) is 3.21. The molecule has 0 N–H and O–H groups in total. The second-order valence-corrected chi connectivity index (χ2v) is 10.6. The maximum atomic E-state index is 13.4. The van der Waals surface area contributed by atoms with Crippen LogP contribution in [0.5, 0.6) is 0 Å². The van der Waals surface area contributed by atoms with Gasteiger partial charge in [0, 0.05) is 42.0 Å². The number of anilines is 1. The van der Waals surface area contributed by atoms with Gasteiger partial charge in [-0.1, -0.05) is 30.3 Å². The van der Waals surface area contributed by atoms with E-state index in [9.17, 15) is 18.0 Å². The number of hydrogen-bond acceptors (Lipinski definition) is 5. The molecule has 0 bridgehead atoms. The molecule has 1 amide bonds. The Morgan fingerprint density at radius 3 is 2.35 bits per heavy atom. The first kappa shape index (κ1) is 21.2. The number of benzene rings is 3. The molecule has 1 fully saturated rings. The van der Waals surface area contributed by atoms with E-state index in [1.807, 2.05) is 24.3 Å². The van der Waals surface area contributed by atoms with E-state index in [0.717, 1.165) is 16.7 Å². The summed E-state index contributed by atoms with van der Waals surface area (Å²) in [6.45, 7) is 1.91. The molecule has 1 aliphatic carbocycles. The molecule has 1 saturated heterocycles. The Morgan fingerprint density at radius 2 is 1.56 bits per heavy atom. The molecule has 7 nitrogen and oxygen atoms in total. The predicted molar refractivity (Wildman–Crippen MR) is 127 cm³/mol. The van der Waals surface area contributed by atoms with Gasteiger partial charge in [-0.3, -0.25) is 9.59 Å². The maximum absolute atomic E-state index is 13.4. The van der Waals surface area contributed by atoms with E-state index in [1.54, 1.807) is 41.3 Å². The zero-order chi connectivity index (χ0) is 23.4. The van der Waals surface area contributed by atoms with Crippen molar-refractivity contribution in [2.45, 2.75) is 11.3 Å². The SMILES string of the molecule is O=C1c2ccccc2-c2ccc(C(=O)N3CCc4cc(S(=O)(=O)N5CCOCC5)ccc43)cc21. The van der Waals surface area contributed by atoms with E-state index in [0.29, 0.717) is 61.6 Å². The third-order valence-corrected chi connectivity index (χ3v) is 8.67. The van der Waals surface area contributed by atoms with E-state index in [2.05, 4.69) is 0 Å². The van der Waals surface area contributed by atoms with Gasteiger partial charge >= 0.3 is 0 Å². The van der Waals surface area contributed by atoms with Crippen molar-refractivity contribution in [3.63, 3.8) is 0 Å². The highest BCUT2D eigenvalue weighted by Gasteiger charge is 2.32. The van der Waals surface area contributed by atoms with Crippen LogP contribution in [0.15, 0.2) is 65.6 Å². The van der Waals surface area contributed by atoms with Crippen LogP contribution in [0.3, 0.4) is 0 Å². The minimum Gasteiger partial charge on any atom is -0.379 e. The molecule has 2 heterocycles. The molecule has 2 aliphatic heterocycles. The van der Waals surface area contributed by atoms with Crippen LogP contribution in [-0.2, 0) is 21.2 Å². The van der Waals surface area contributed by atoms with Gasteiger partial charge in [-0.2, -0.15) is 4.31 Å². The maximum Gasteiger partial charge on any atom is 0.258 e. The summed E-state index contributed by atoms with van der Waals surface area (Å²) in [5.41, 5.74) is 4.91. The van der Waals surface area contributed by atoms with Gasteiger partial charge in [0.05, 0.1) is 18.1 Å². The Bertz CT molecular complexity index is 1460. The number of rotatable bonds is 3. The lowest BCUT2D eigenvalue weighted by molar-refractivity contribution is 0.0730. The van der Waals surface area contributed by atoms with Gasteiger partial charge < -0.3 is 9.64 Å². The topological polar surface area (TPSA) is 84.0 Å². The Balaban J connectivity index is 1.29. The minimum atomic E-state index is -3.60. The molecule has 0 aromatic heterocycles. The van der Waals surface area contributed by atoms with Crippen molar-refractivity contribution in [2.24, 2.45) is 0 Å². The molecule has 0 radical (unpaired) electrons. The van der Waals surface area contributed by atoms with Crippen molar-refractivity contribution in [1.82, 2.24) is 4.31 Å². The number of morpholine rings is 1. The lowest BCUT2D eigenvalue weighted by Gasteiger charge is -2.26. The molecule has 3 aliphatic rings. The first-order chi connectivity index (χ1) is 16.4. The van der Waals surface area contributed by atoms with Crippen molar-refractivity contribution in [3.05, 3.63) is 82.9 Å². The first-order valence-corrected chi connectivity index (χ1v) is 12.7. The lowest BCUT2D eigenvalue weighted by atomic mass is 10.0. The van der Waals surface area contributed by atoms with Crippen LogP contribution in [0.4, 0.5) is 5.69 Å². The van der Waals surface area contributed by atoms with Crippen molar-refractivity contribution >= 4 is 27.4 Å².